The highest BCUT2D eigenvalue weighted by Gasteiger charge is 2.08. The number of para-hydroxylation sites is 2. The van der Waals surface area contributed by atoms with Crippen LogP contribution < -0.4 is 5.32 Å². The molecule has 2 N–H and O–H groups in total. The molecule has 0 amide bonds. The van der Waals surface area contributed by atoms with Crippen LogP contribution in [0, 0.1) is 6.92 Å². The molecule has 0 aliphatic carbocycles. The van der Waals surface area contributed by atoms with E-state index in [1.807, 2.05) is 61.5 Å². The van der Waals surface area contributed by atoms with Crippen LogP contribution in [-0.4, -0.2) is 27.7 Å². The van der Waals surface area contributed by atoms with Crippen LogP contribution in [0.5, 0.6) is 0 Å². The molecule has 0 spiro atoms. The molecule has 0 fully saturated rings. The predicted octanol–water partition coefficient (Wildman–Crippen LogP) is 2.95. The fraction of sp³-hybridized carbons (Fsp3) is 0.222. The molecule has 0 saturated heterocycles. The van der Waals surface area contributed by atoms with Gasteiger partial charge in [-0.25, -0.2) is 9.97 Å². The molecule has 4 heteroatoms. The van der Waals surface area contributed by atoms with Gasteiger partial charge in [0, 0.05) is 13.0 Å². The van der Waals surface area contributed by atoms with Crippen molar-refractivity contribution in [3.63, 3.8) is 0 Å². The van der Waals surface area contributed by atoms with E-state index in [-0.39, 0.29) is 0 Å². The molecule has 0 aliphatic rings. The number of aliphatic hydroxyl groups is 1. The number of fused-ring (bicyclic) bond motifs is 1. The van der Waals surface area contributed by atoms with Crippen molar-refractivity contribution < 1.29 is 5.11 Å². The second kappa shape index (κ2) is 6.54. The summed E-state index contributed by atoms with van der Waals surface area (Å²) in [4.78, 5) is 9.10. The van der Waals surface area contributed by atoms with Gasteiger partial charge in [-0.3, -0.25) is 0 Å². The zero-order valence-corrected chi connectivity index (χ0v) is 12.5. The highest BCUT2D eigenvalue weighted by molar-refractivity contribution is 5.76. The van der Waals surface area contributed by atoms with E-state index >= 15 is 0 Å². The Kier molecular flexibility index (Phi) is 4.30. The molecule has 1 aromatic heterocycles. The molecule has 3 rings (SSSR count). The number of hydrogen-bond acceptors (Lipinski definition) is 4. The average Bonchev–Trinajstić information content (AvgIpc) is 2.54. The van der Waals surface area contributed by atoms with E-state index in [0.717, 1.165) is 28.1 Å². The standard InChI is InChI=1S/C18H19N3O/c1-13-18(21-17-10-6-5-9-16(17)20-13)19-12-15(22)11-14-7-3-2-4-8-14/h2-10,15,22H,11-12H2,1H3,(H,19,21). The quantitative estimate of drug-likeness (QED) is 0.759. The van der Waals surface area contributed by atoms with Gasteiger partial charge in [0.1, 0.15) is 5.82 Å². The van der Waals surface area contributed by atoms with E-state index in [0.29, 0.717) is 13.0 Å². The Morgan fingerprint density at radius 1 is 0.955 bits per heavy atom. The Hall–Kier alpha value is -2.46. The minimum Gasteiger partial charge on any atom is -0.391 e. The van der Waals surface area contributed by atoms with E-state index in [4.69, 9.17) is 0 Å². The lowest BCUT2D eigenvalue weighted by Crippen LogP contribution is -2.22. The van der Waals surface area contributed by atoms with Crippen LogP contribution in [0.3, 0.4) is 0 Å². The smallest absolute Gasteiger partial charge is 0.148 e. The van der Waals surface area contributed by atoms with Crippen LogP contribution in [0.4, 0.5) is 5.82 Å². The first kappa shape index (κ1) is 14.5. The molecule has 2 aromatic carbocycles. The first-order valence-electron chi connectivity index (χ1n) is 7.41. The number of anilines is 1. The Balaban J connectivity index is 1.67. The van der Waals surface area contributed by atoms with E-state index in [1.165, 1.54) is 0 Å². The third-order valence-corrected chi connectivity index (χ3v) is 3.56. The van der Waals surface area contributed by atoms with E-state index in [2.05, 4.69) is 15.3 Å². The van der Waals surface area contributed by atoms with Crippen LogP contribution >= 0.6 is 0 Å². The molecule has 1 atom stereocenters. The summed E-state index contributed by atoms with van der Waals surface area (Å²) in [5.41, 5.74) is 3.70. The SMILES string of the molecule is Cc1nc2ccccc2nc1NCC(O)Cc1ccccc1. The zero-order valence-electron chi connectivity index (χ0n) is 12.5. The van der Waals surface area contributed by atoms with Gasteiger partial charge in [0.05, 0.1) is 22.8 Å². The van der Waals surface area contributed by atoms with Crippen LogP contribution in [-0.2, 0) is 6.42 Å². The molecule has 4 nitrogen and oxygen atoms in total. The normalized spacial score (nSPS) is 12.3. The molecule has 1 heterocycles. The number of rotatable bonds is 5. The van der Waals surface area contributed by atoms with Gasteiger partial charge >= 0.3 is 0 Å². The van der Waals surface area contributed by atoms with Crippen molar-refractivity contribution in [1.82, 2.24) is 9.97 Å². The van der Waals surface area contributed by atoms with E-state index < -0.39 is 6.10 Å². The van der Waals surface area contributed by atoms with Crippen molar-refractivity contribution in [2.45, 2.75) is 19.4 Å². The summed E-state index contributed by atoms with van der Waals surface area (Å²) in [6.45, 7) is 2.37. The van der Waals surface area contributed by atoms with Crippen molar-refractivity contribution in [1.29, 1.82) is 0 Å². The van der Waals surface area contributed by atoms with Gasteiger partial charge in [0.15, 0.2) is 0 Å². The van der Waals surface area contributed by atoms with E-state index in [9.17, 15) is 5.11 Å². The van der Waals surface area contributed by atoms with Gasteiger partial charge in [0.2, 0.25) is 0 Å². The number of aliphatic hydroxyl groups excluding tert-OH is 1. The molecule has 0 aliphatic heterocycles. The van der Waals surface area contributed by atoms with Crippen LogP contribution in [0.25, 0.3) is 11.0 Å². The van der Waals surface area contributed by atoms with Gasteiger partial charge in [-0.1, -0.05) is 42.5 Å². The lowest BCUT2D eigenvalue weighted by atomic mass is 10.1. The van der Waals surface area contributed by atoms with Crippen molar-refractivity contribution >= 4 is 16.9 Å². The molecule has 0 saturated carbocycles. The summed E-state index contributed by atoms with van der Waals surface area (Å²) in [5.74, 6) is 0.728. The lowest BCUT2D eigenvalue weighted by molar-refractivity contribution is 0.188. The molecule has 0 bridgehead atoms. The average molecular weight is 293 g/mol. The van der Waals surface area contributed by atoms with Gasteiger partial charge in [0.25, 0.3) is 0 Å². The molecule has 22 heavy (non-hydrogen) atoms. The number of benzene rings is 2. The largest absolute Gasteiger partial charge is 0.391 e. The molecular weight excluding hydrogens is 274 g/mol. The highest BCUT2D eigenvalue weighted by atomic mass is 16.3. The fourth-order valence-electron chi connectivity index (χ4n) is 2.43. The maximum Gasteiger partial charge on any atom is 0.148 e. The molecular formula is C18H19N3O. The summed E-state index contributed by atoms with van der Waals surface area (Å²) in [5, 5.41) is 13.4. The molecule has 0 radical (unpaired) electrons. The Labute approximate surface area is 129 Å². The maximum atomic E-state index is 10.2. The van der Waals surface area contributed by atoms with Crippen molar-refractivity contribution in [2.24, 2.45) is 0 Å². The topological polar surface area (TPSA) is 58.0 Å². The number of aryl methyl sites for hydroxylation is 1. The molecule has 112 valence electrons. The minimum atomic E-state index is -0.463. The fourth-order valence-corrected chi connectivity index (χ4v) is 2.43. The summed E-state index contributed by atoms with van der Waals surface area (Å²) in [6.07, 6.45) is 0.156. The third-order valence-electron chi connectivity index (χ3n) is 3.56. The van der Waals surface area contributed by atoms with Gasteiger partial charge in [-0.15, -0.1) is 0 Å². The van der Waals surface area contributed by atoms with E-state index in [1.54, 1.807) is 0 Å². The van der Waals surface area contributed by atoms with Crippen molar-refractivity contribution in [3.05, 3.63) is 65.9 Å². The van der Waals surface area contributed by atoms with Crippen molar-refractivity contribution in [3.8, 4) is 0 Å². The van der Waals surface area contributed by atoms with Crippen LogP contribution in [0.15, 0.2) is 54.6 Å². The minimum absolute atomic E-state index is 0.447. The molecule has 1 unspecified atom stereocenters. The number of nitrogens with one attached hydrogen (secondary N) is 1. The number of hydrogen-bond donors (Lipinski definition) is 2. The summed E-state index contributed by atoms with van der Waals surface area (Å²) in [6, 6.07) is 17.8. The van der Waals surface area contributed by atoms with Gasteiger partial charge < -0.3 is 10.4 Å². The zero-order chi connectivity index (χ0) is 15.4. The van der Waals surface area contributed by atoms with Crippen LogP contribution in [0.1, 0.15) is 11.3 Å². The monoisotopic (exact) mass is 293 g/mol. The van der Waals surface area contributed by atoms with Crippen molar-refractivity contribution in [2.75, 3.05) is 11.9 Å². The first-order chi connectivity index (χ1) is 10.7. The second-order valence-corrected chi connectivity index (χ2v) is 5.37. The van der Waals surface area contributed by atoms with Gasteiger partial charge in [-0.2, -0.15) is 0 Å². The van der Waals surface area contributed by atoms with Gasteiger partial charge in [-0.05, 0) is 24.6 Å². The first-order valence-corrected chi connectivity index (χ1v) is 7.41. The Morgan fingerprint density at radius 2 is 1.59 bits per heavy atom. The number of aromatic nitrogens is 2. The second-order valence-electron chi connectivity index (χ2n) is 5.37. The Morgan fingerprint density at radius 3 is 2.32 bits per heavy atom. The number of nitrogens with zero attached hydrogens (tertiary/aromatic N) is 2. The lowest BCUT2D eigenvalue weighted by Gasteiger charge is -2.14. The highest BCUT2D eigenvalue weighted by Crippen LogP contribution is 2.16. The van der Waals surface area contributed by atoms with Crippen LogP contribution in [0.2, 0.25) is 0 Å². The Bertz CT molecular complexity index is 759. The third kappa shape index (κ3) is 3.40. The summed E-state index contributed by atoms with van der Waals surface area (Å²) >= 11 is 0. The molecule has 3 aromatic rings. The summed E-state index contributed by atoms with van der Waals surface area (Å²) < 4.78 is 0. The maximum absolute atomic E-state index is 10.2. The summed E-state index contributed by atoms with van der Waals surface area (Å²) in [7, 11) is 0. The predicted molar refractivity (Wildman–Crippen MR) is 88.9 cm³/mol.